The van der Waals surface area contributed by atoms with Gasteiger partial charge in [0.15, 0.2) is 0 Å². The minimum atomic E-state index is -0.672. The van der Waals surface area contributed by atoms with Crippen molar-refractivity contribution in [2.45, 2.75) is 18.9 Å². The number of allylic oxidation sites excluding steroid dienone is 2. The van der Waals surface area contributed by atoms with Crippen LogP contribution >= 0.6 is 0 Å². The van der Waals surface area contributed by atoms with E-state index in [9.17, 15) is 5.11 Å². The fourth-order valence-electron chi connectivity index (χ4n) is 0.800. The number of hydrogen-bond donors (Lipinski definition) is 1. The van der Waals surface area contributed by atoms with Crippen molar-refractivity contribution in [2.24, 2.45) is 0 Å². The highest BCUT2D eigenvalue weighted by Gasteiger charge is 2.17. The lowest BCUT2D eigenvalue weighted by atomic mass is 9.96. The molecule has 0 aromatic carbocycles. The van der Waals surface area contributed by atoms with Crippen LogP contribution in [0.15, 0.2) is 24.3 Å². The first-order valence-corrected chi connectivity index (χ1v) is 3.19. The Bertz CT molecular complexity index is 133. The van der Waals surface area contributed by atoms with E-state index in [0.29, 0.717) is 0 Å². The summed E-state index contributed by atoms with van der Waals surface area (Å²) in [6.45, 7) is 1.96. The van der Waals surface area contributed by atoms with Gasteiger partial charge in [-0.3, -0.25) is 0 Å². The van der Waals surface area contributed by atoms with Crippen LogP contribution in [0.25, 0.3) is 0 Å². The average molecular weight is 123 g/mol. The summed E-state index contributed by atoms with van der Waals surface area (Å²) >= 11 is 0. The van der Waals surface area contributed by atoms with Gasteiger partial charge in [-0.1, -0.05) is 31.2 Å². The predicted octanol–water partition coefficient (Wildman–Crippen LogP) is 1.46. The summed E-state index contributed by atoms with van der Waals surface area (Å²) in [5.74, 6) is 0. The highest BCUT2D eigenvalue weighted by Crippen LogP contribution is 2.17. The third-order valence-electron chi connectivity index (χ3n) is 1.56. The fraction of sp³-hybridized carbons (Fsp3) is 0.375. The van der Waals surface area contributed by atoms with Crippen molar-refractivity contribution in [3.8, 4) is 0 Å². The zero-order chi connectivity index (χ0) is 6.74. The van der Waals surface area contributed by atoms with Crippen LogP contribution < -0.4 is 0 Å². The molecular formula is C8H11O. The predicted molar refractivity (Wildman–Crippen MR) is 37.8 cm³/mol. The lowest BCUT2D eigenvalue weighted by Crippen LogP contribution is -2.22. The third-order valence-corrected chi connectivity index (χ3v) is 1.56. The normalized spacial score (nSPS) is 22.4. The summed E-state index contributed by atoms with van der Waals surface area (Å²) in [7, 11) is 0. The molecule has 1 radical (unpaired) electrons. The van der Waals surface area contributed by atoms with Gasteiger partial charge in [-0.05, 0) is 6.42 Å². The molecule has 0 unspecified atom stereocenters. The first-order valence-electron chi connectivity index (χ1n) is 3.19. The zero-order valence-corrected chi connectivity index (χ0v) is 5.54. The van der Waals surface area contributed by atoms with E-state index in [1.807, 2.05) is 25.5 Å². The molecule has 1 N–H and O–H groups in total. The van der Waals surface area contributed by atoms with Gasteiger partial charge in [-0.2, -0.15) is 0 Å². The number of rotatable bonds is 1. The van der Waals surface area contributed by atoms with Crippen molar-refractivity contribution in [1.29, 1.82) is 0 Å². The Kier molecular flexibility index (Phi) is 1.72. The van der Waals surface area contributed by atoms with Crippen LogP contribution in [-0.4, -0.2) is 10.7 Å². The molecule has 1 heteroatoms. The van der Waals surface area contributed by atoms with Gasteiger partial charge in [0.1, 0.15) is 5.60 Å². The standard InChI is InChI=1S/C8H11O/c1-2-8(9)6-4-3-5-7-8/h3-7,9H,2H2,1H3. The Morgan fingerprint density at radius 1 is 1.33 bits per heavy atom. The summed E-state index contributed by atoms with van der Waals surface area (Å²) in [4.78, 5) is 0. The maximum atomic E-state index is 9.49. The molecule has 1 aliphatic carbocycles. The summed E-state index contributed by atoms with van der Waals surface area (Å²) in [5.41, 5.74) is -0.672. The van der Waals surface area contributed by atoms with Crippen molar-refractivity contribution in [1.82, 2.24) is 0 Å². The van der Waals surface area contributed by atoms with E-state index in [0.717, 1.165) is 6.42 Å². The minimum absolute atomic E-state index is 0.672. The van der Waals surface area contributed by atoms with Gasteiger partial charge in [0.25, 0.3) is 0 Å². The van der Waals surface area contributed by atoms with Crippen LogP contribution in [0.5, 0.6) is 0 Å². The van der Waals surface area contributed by atoms with Crippen molar-refractivity contribution in [3.63, 3.8) is 0 Å². The third kappa shape index (κ3) is 1.42. The van der Waals surface area contributed by atoms with Gasteiger partial charge in [0.2, 0.25) is 0 Å². The van der Waals surface area contributed by atoms with Crippen molar-refractivity contribution in [2.75, 3.05) is 0 Å². The van der Waals surface area contributed by atoms with E-state index < -0.39 is 5.60 Å². The summed E-state index contributed by atoms with van der Waals surface area (Å²) in [6.07, 6.45) is 9.98. The molecule has 0 aromatic rings. The maximum Gasteiger partial charge on any atom is 0.101 e. The van der Waals surface area contributed by atoms with E-state index in [-0.39, 0.29) is 0 Å². The Morgan fingerprint density at radius 3 is 2.22 bits per heavy atom. The monoisotopic (exact) mass is 123 g/mol. The average Bonchev–Trinajstić information content (AvgIpc) is 1.90. The highest BCUT2D eigenvalue weighted by atomic mass is 16.3. The fourth-order valence-corrected chi connectivity index (χ4v) is 0.800. The molecule has 49 valence electrons. The molecule has 0 spiro atoms. The minimum Gasteiger partial charge on any atom is -0.382 e. The molecule has 0 bridgehead atoms. The van der Waals surface area contributed by atoms with Crippen LogP contribution in [0.2, 0.25) is 0 Å². The molecule has 0 saturated heterocycles. The van der Waals surface area contributed by atoms with Crippen LogP contribution in [-0.2, 0) is 0 Å². The van der Waals surface area contributed by atoms with Gasteiger partial charge in [-0.15, -0.1) is 0 Å². The molecule has 1 aliphatic rings. The van der Waals surface area contributed by atoms with Crippen LogP contribution in [0.4, 0.5) is 0 Å². The second-order valence-electron chi connectivity index (χ2n) is 2.26. The number of aliphatic hydroxyl groups is 1. The first kappa shape index (κ1) is 6.56. The Labute approximate surface area is 55.7 Å². The van der Waals surface area contributed by atoms with Gasteiger partial charge < -0.3 is 5.11 Å². The van der Waals surface area contributed by atoms with Crippen LogP contribution in [0.1, 0.15) is 13.3 Å². The quantitative estimate of drug-likeness (QED) is 0.559. The Morgan fingerprint density at radius 2 is 1.89 bits per heavy atom. The molecule has 0 atom stereocenters. The van der Waals surface area contributed by atoms with Crippen LogP contribution in [0.3, 0.4) is 0 Å². The van der Waals surface area contributed by atoms with Crippen LogP contribution in [0, 0.1) is 6.42 Å². The van der Waals surface area contributed by atoms with Crippen molar-refractivity contribution < 1.29 is 5.11 Å². The zero-order valence-electron chi connectivity index (χ0n) is 5.54. The van der Waals surface area contributed by atoms with Crippen molar-refractivity contribution in [3.05, 3.63) is 30.7 Å². The molecule has 0 saturated carbocycles. The topological polar surface area (TPSA) is 20.2 Å². The van der Waals surface area contributed by atoms with Gasteiger partial charge >= 0.3 is 0 Å². The van der Waals surface area contributed by atoms with Gasteiger partial charge in [0, 0.05) is 6.42 Å². The molecular weight excluding hydrogens is 112 g/mol. The van der Waals surface area contributed by atoms with E-state index in [1.54, 1.807) is 12.2 Å². The molecule has 1 nitrogen and oxygen atoms in total. The molecule has 0 aromatic heterocycles. The lowest BCUT2D eigenvalue weighted by molar-refractivity contribution is 0.137. The second kappa shape index (κ2) is 2.36. The summed E-state index contributed by atoms with van der Waals surface area (Å²) in [6, 6.07) is 0. The molecule has 9 heavy (non-hydrogen) atoms. The van der Waals surface area contributed by atoms with Gasteiger partial charge in [0.05, 0.1) is 0 Å². The van der Waals surface area contributed by atoms with E-state index in [2.05, 4.69) is 0 Å². The molecule has 0 fully saturated rings. The van der Waals surface area contributed by atoms with Gasteiger partial charge in [-0.25, -0.2) is 0 Å². The molecule has 1 rings (SSSR count). The number of hydrogen-bond acceptors (Lipinski definition) is 1. The van der Waals surface area contributed by atoms with E-state index in [1.165, 1.54) is 0 Å². The molecule has 0 aliphatic heterocycles. The first-order chi connectivity index (χ1) is 4.27. The summed E-state index contributed by atoms with van der Waals surface area (Å²) < 4.78 is 0. The van der Waals surface area contributed by atoms with E-state index in [4.69, 9.17) is 0 Å². The van der Waals surface area contributed by atoms with E-state index >= 15 is 0 Å². The highest BCUT2D eigenvalue weighted by molar-refractivity contribution is 5.26. The largest absolute Gasteiger partial charge is 0.382 e. The lowest BCUT2D eigenvalue weighted by Gasteiger charge is -2.19. The Balaban J connectivity index is 2.67. The molecule has 0 heterocycles. The maximum absolute atomic E-state index is 9.49. The van der Waals surface area contributed by atoms with Crippen molar-refractivity contribution >= 4 is 0 Å². The SMILES string of the molecule is CCC1(O)C=C[CH]C=C1. The Hall–Kier alpha value is -0.560. The smallest absolute Gasteiger partial charge is 0.101 e. The second-order valence-corrected chi connectivity index (χ2v) is 2.26. The molecule has 0 amide bonds. The summed E-state index contributed by atoms with van der Waals surface area (Å²) in [5, 5.41) is 9.49.